The predicted molar refractivity (Wildman–Crippen MR) is 229 cm³/mol. The largest absolute Gasteiger partial charge is 0.394 e. The van der Waals surface area contributed by atoms with E-state index in [0.717, 1.165) is 35.1 Å². The van der Waals surface area contributed by atoms with E-state index >= 15 is 0 Å². The minimum Gasteiger partial charge on any atom is -0.394 e. The summed E-state index contributed by atoms with van der Waals surface area (Å²) >= 11 is 12.5. The SMILES string of the molecule is N=C(NCCCCc1ccc(-c2ccc(CCC(=O)NCCN(C[C@H](O)[C@@H](O)[C@H](O)[C@H](O)CO)C[C@H](O)[C@@H](O)[C@H](O)[C@H](O)CO)cc2Cl)cc1)NC(=O)c1nc(Cl)c(N)nc1N. The molecule has 23 heteroatoms. The summed E-state index contributed by atoms with van der Waals surface area (Å²) in [4.78, 5) is 34.0. The number of benzene rings is 2. The van der Waals surface area contributed by atoms with Crippen LogP contribution < -0.4 is 27.4 Å². The molecule has 2 aromatic carbocycles. The van der Waals surface area contributed by atoms with Crippen LogP contribution in [0.5, 0.6) is 0 Å². The number of nitrogens with two attached hydrogens (primary N) is 2. The Morgan fingerprint density at radius 3 is 1.84 bits per heavy atom. The lowest BCUT2D eigenvalue weighted by Crippen LogP contribution is -2.54. The third-order valence-corrected chi connectivity index (χ3v) is 10.4. The molecular weight excluding hydrogens is 857 g/mol. The molecule has 0 aliphatic carbocycles. The van der Waals surface area contributed by atoms with Crippen LogP contribution in [-0.2, 0) is 17.6 Å². The van der Waals surface area contributed by atoms with Gasteiger partial charge in [-0.3, -0.25) is 25.2 Å². The van der Waals surface area contributed by atoms with Crippen molar-refractivity contribution in [3.8, 4) is 11.1 Å². The number of anilines is 2. The van der Waals surface area contributed by atoms with Gasteiger partial charge in [-0.05, 0) is 48.4 Å². The molecule has 1 heterocycles. The number of nitrogens with zero attached hydrogens (tertiary/aromatic N) is 3. The number of nitrogens with one attached hydrogen (secondary N) is 4. The molecule has 2 amide bonds. The lowest BCUT2D eigenvalue weighted by Gasteiger charge is -2.33. The second-order valence-corrected chi connectivity index (χ2v) is 15.3. The molecule has 21 nitrogen and oxygen atoms in total. The Bertz CT molecular complexity index is 1870. The van der Waals surface area contributed by atoms with Crippen LogP contribution >= 0.6 is 23.2 Å². The maximum atomic E-state index is 12.8. The van der Waals surface area contributed by atoms with Crippen molar-refractivity contribution in [1.82, 2.24) is 30.8 Å². The van der Waals surface area contributed by atoms with E-state index in [1.54, 1.807) is 6.07 Å². The standard InChI is InChI=1S/C39H57Cl2N9O12/c40-24-15-21(7-11-29(57)45-13-14-50(16-25(53)31(58)33(60)27(55)18-51)17-26(54)32(59)34(61)28(56)19-52)6-10-23(24)22-8-4-20(5-9-22)3-1-2-12-46-39(44)49-38(62)30-36(42)48-37(43)35(41)47-30/h4-6,8-10,15,25-28,31-34,51-56,58-61H,1-3,7,11-14,16-19H2,(H,45,57)(H4,42,43,48)(H3,44,46,49,62)/t25-,26-,27+,28+,31+,32+,33+,34+/m0/s1. The number of amides is 2. The average molecular weight is 915 g/mol. The molecule has 1 aromatic heterocycles. The van der Waals surface area contributed by atoms with Gasteiger partial charge in [-0.1, -0.05) is 59.6 Å². The zero-order valence-electron chi connectivity index (χ0n) is 33.7. The first kappa shape index (κ1) is 52.0. The number of unbranched alkanes of at least 4 members (excludes halogenated alkanes) is 1. The zero-order valence-corrected chi connectivity index (χ0v) is 35.2. The van der Waals surface area contributed by atoms with Crippen LogP contribution in [0.3, 0.4) is 0 Å². The van der Waals surface area contributed by atoms with E-state index in [9.17, 15) is 50.4 Å². The third kappa shape index (κ3) is 16.1. The van der Waals surface area contributed by atoms with Crippen LogP contribution in [0.4, 0.5) is 11.6 Å². The average Bonchev–Trinajstić information content (AvgIpc) is 3.25. The van der Waals surface area contributed by atoms with E-state index < -0.39 is 81.0 Å². The smallest absolute Gasteiger partial charge is 0.280 e. The molecular formula is C39H57Cl2N9O12. The van der Waals surface area contributed by atoms with Crippen LogP contribution in [0.25, 0.3) is 11.1 Å². The summed E-state index contributed by atoms with van der Waals surface area (Å²) in [5.41, 5.74) is 14.5. The number of hydrogen-bond donors (Lipinski definition) is 16. The predicted octanol–water partition coefficient (Wildman–Crippen LogP) is -2.89. The maximum absolute atomic E-state index is 12.8. The van der Waals surface area contributed by atoms with Crippen molar-refractivity contribution in [1.29, 1.82) is 5.41 Å². The summed E-state index contributed by atoms with van der Waals surface area (Å²) < 4.78 is 0. The van der Waals surface area contributed by atoms with Crippen LogP contribution in [0.1, 0.15) is 40.9 Å². The molecule has 344 valence electrons. The molecule has 0 fully saturated rings. The van der Waals surface area contributed by atoms with Crippen LogP contribution in [0, 0.1) is 5.41 Å². The van der Waals surface area contributed by atoms with Gasteiger partial charge in [-0.15, -0.1) is 0 Å². The summed E-state index contributed by atoms with van der Waals surface area (Å²) in [5.74, 6) is -1.66. The van der Waals surface area contributed by atoms with E-state index in [-0.39, 0.29) is 53.9 Å². The molecule has 8 atom stereocenters. The minimum atomic E-state index is -1.93. The van der Waals surface area contributed by atoms with Gasteiger partial charge in [0.2, 0.25) is 5.91 Å². The van der Waals surface area contributed by atoms with Gasteiger partial charge in [-0.25, -0.2) is 9.97 Å². The number of aromatic nitrogens is 2. The maximum Gasteiger partial charge on any atom is 0.280 e. The van der Waals surface area contributed by atoms with Gasteiger partial charge in [0.15, 0.2) is 28.4 Å². The summed E-state index contributed by atoms with van der Waals surface area (Å²) in [6.07, 6.45) is -12.0. The Kier molecular flexibility index (Phi) is 21.6. The van der Waals surface area contributed by atoms with Gasteiger partial charge >= 0.3 is 0 Å². The molecule has 0 aliphatic rings. The van der Waals surface area contributed by atoms with Gasteiger partial charge in [0.05, 0.1) is 25.4 Å². The molecule has 0 saturated heterocycles. The van der Waals surface area contributed by atoms with Crippen molar-refractivity contribution in [2.45, 2.75) is 80.9 Å². The van der Waals surface area contributed by atoms with Crippen LogP contribution in [0.15, 0.2) is 42.5 Å². The summed E-state index contributed by atoms with van der Waals surface area (Å²) in [5, 5.41) is 115. The third-order valence-electron chi connectivity index (χ3n) is 9.78. The van der Waals surface area contributed by atoms with Gasteiger partial charge in [0.25, 0.3) is 5.91 Å². The lowest BCUT2D eigenvalue weighted by molar-refractivity contribution is -0.130. The van der Waals surface area contributed by atoms with Crippen molar-refractivity contribution in [2.75, 3.05) is 57.4 Å². The Morgan fingerprint density at radius 2 is 1.27 bits per heavy atom. The number of hydrogen-bond acceptors (Lipinski definition) is 18. The number of nitrogen functional groups attached to an aromatic ring is 2. The fourth-order valence-corrected chi connectivity index (χ4v) is 6.56. The highest BCUT2D eigenvalue weighted by Gasteiger charge is 2.34. The number of carbonyl (C=O) groups is 2. The highest BCUT2D eigenvalue weighted by Crippen LogP contribution is 2.30. The molecule has 0 spiro atoms. The molecule has 18 N–H and O–H groups in total. The Balaban J connectivity index is 1.46. The van der Waals surface area contributed by atoms with Crippen molar-refractivity contribution in [3.63, 3.8) is 0 Å². The fourth-order valence-electron chi connectivity index (χ4n) is 6.12. The number of guanidine groups is 1. The number of rotatable bonds is 25. The summed E-state index contributed by atoms with van der Waals surface area (Å²) in [6, 6.07) is 13.4. The molecule has 0 radical (unpaired) electrons. The molecule has 3 aromatic rings. The number of aryl methyl sites for hydroxylation is 2. The van der Waals surface area contributed by atoms with Crippen LogP contribution in [-0.4, -0.2) is 178 Å². The highest BCUT2D eigenvalue weighted by atomic mass is 35.5. The van der Waals surface area contributed by atoms with Gasteiger partial charge < -0.3 is 73.2 Å². The quantitative estimate of drug-likeness (QED) is 0.0230. The van der Waals surface area contributed by atoms with Crippen molar-refractivity contribution < 1.29 is 60.7 Å². The number of aliphatic hydroxyl groups excluding tert-OH is 10. The number of carbonyl (C=O) groups excluding carboxylic acids is 2. The Morgan fingerprint density at radius 1 is 0.710 bits per heavy atom. The van der Waals surface area contributed by atoms with Crippen molar-refractivity contribution in [3.05, 3.63) is 69.5 Å². The van der Waals surface area contributed by atoms with Crippen LogP contribution in [0.2, 0.25) is 10.2 Å². The summed E-state index contributed by atoms with van der Waals surface area (Å²) in [6.45, 7) is -2.41. The zero-order chi connectivity index (χ0) is 46.1. The second-order valence-electron chi connectivity index (χ2n) is 14.6. The number of halogens is 2. The number of aliphatic hydroxyl groups is 10. The molecule has 0 aliphatic heterocycles. The molecule has 0 bridgehead atoms. The molecule has 3 rings (SSSR count). The van der Waals surface area contributed by atoms with E-state index in [1.807, 2.05) is 36.4 Å². The van der Waals surface area contributed by atoms with E-state index in [4.69, 9.17) is 50.3 Å². The first-order chi connectivity index (χ1) is 29.4. The van der Waals surface area contributed by atoms with Gasteiger partial charge in [0.1, 0.15) is 36.6 Å². The van der Waals surface area contributed by atoms with Crippen molar-refractivity contribution in [2.24, 2.45) is 0 Å². The molecule has 0 saturated carbocycles. The summed E-state index contributed by atoms with van der Waals surface area (Å²) in [7, 11) is 0. The highest BCUT2D eigenvalue weighted by molar-refractivity contribution is 6.33. The molecule has 62 heavy (non-hydrogen) atoms. The van der Waals surface area contributed by atoms with Crippen molar-refractivity contribution >= 4 is 52.6 Å². The normalized spacial score (nSPS) is 15.5. The molecule has 0 unspecified atom stereocenters. The van der Waals surface area contributed by atoms with E-state index in [0.29, 0.717) is 24.4 Å². The topological polar surface area (TPSA) is 377 Å². The minimum absolute atomic E-state index is 0.0417. The monoisotopic (exact) mass is 913 g/mol. The first-order valence-corrected chi connectivity index (χ1v) is 20.4. The van der Waals surface area contributed by atoms with Gasteiger partial charge in [-0.2, -0.15) is 0 Å². The lowest BCUT2D eigenvalue weighted by atomic mass is 9.99. The Labute approximate surface area is 367 Å². The fraction of sp³-hybridized carbons (Fsp3) is 0.513. The Hall–Kier alpha value is -4.33. The second kappa shape index (κ2) is 25.7. The van der Waals surface area contributed by atoms with E-state index in [1.165, 1.54) is 4.90 Å². The van der Waals surface area contributed by atoms with E-state index in [2.05, 4.69) is 25.9 Å². The van der Waals surface area contributed by atoms with Gasteiger partial charge in [0, 0.05) is 49.7 Å². The first-order valence-electron chi connectivity index (χ1n) is 19.6.